The van der Waals surface area contributed by atoms with Gasteiger partial charge in [0.15, 0.2) is 0 Å². The molecular weight excluding hydrogens is 278 g/mol. The van der Waals surface area contributed by atoms with Crippen LogP contribution in [-0.2, 0) is 9.47 Å². The summed E-state index contributed by atoms with van der Waals surface area (Å²) in [4.78, 5) is 11.2. The largest absolute Gasteiger partial charge is 0.382 e. The van der Waals surface area contributed by atoms with E-state index in [1.54, 1.807) is 13.3 Å². The SMILES string of the molecule is COCCOCCNc1cn[nH]c(=O)c1Br. The monoisotopic (exact) mass is 291 g/mol. The molecule has 6 nitrogen and oxygen atoms in total. The summed E-state index contributed by atoms with van der Waals surface area (Å²) >= 11 is 3.17. The molecule has 0 aromatic carbocycles. The minimum atomic E-state index is -0.259. The molecule has 1 rings (SSSR count). The normalized spacial score (nSPS) is 10.4. The molecule has 16 heavy (non-hydrogen) atoms. The van der Waals surface area contributed by atoms with E-state index in [1.165, 1.54) is 0 Å². The van der Waals surface area contributed by atoms with Crippen LogP contribution in [0.3, 0.4) is 0 Å². The van der Waals surface area contributed by atoms with Crippen LogP contribution in [0.1, 0.15) is 0 Å². The van der Waals surface area contributed by atoms with Gasteiger partial charge in [-0.1, -0.05) is 0 Å². The molecule has 1 heterocycles. The van der Waals surface area contributed by atoms with Gasteiger partial charge in [0.1, 0.15) is 4.47 Å². The number of ether oxygens (including phenoxy) is 2. The number of H-pyrrole nitrogens is 1. The third-order valence-electron chi connectivity index (χ3n) is 1.79. The number of hydrogen-bond acceptors (Lipinski definition) is 5. The van der Waals surface area contributed by atoms with E-state index in [0.29, 0.717) is 36.5 Å². The molecule has 0 fully saturated rings. The lowest BCUT2D eigenvalue weighted by atomic mass is 10.4. The summed E-state index contributed by atoms with van der Waals surface area (Å²) < 4.78 is 10.5. The molecule has 1 aromatic heterocycles. The van der Waals surface area contributed by atoms with E-state index in [0.717, 1.165) is 0 Å². The van der Waals surface area contributed by atoms with Crippen molar-refractivity contribution < 1.29 is 9.47 Å². The van der Waals surface area contributed by atoms with E-state index >= 15 is 0 Å². The Labute approximate surface area is 101 Å². The molecule has 0 radical (unpaired) electrons. The van der Waals surface area contributed by atoms with E-state index < -0.39 is 0 Å². The molecule has 0 unspecified atom stereocenters. The maximum atomic E-state index is 11.2. The third kappa shape index (κ3) is 4.30. The van der Waals surface area contributed by atoms with Gasteiger partial charge in [0.2, 0.25) is 0 Å². The summed E-state index contributed by atoms with van der Waals surface area (Å²) in [7, 11) is 1.63. The van der Waals surface area contributed by atoms with E-state index in [4.69, 9.17) is 9.47 Å². The van der Waals surface area contributed by atoms with Crippen LogP contribution in [0.25, 0.3) is 0 Å². The van der Waals surface area contributed by atoms with Crippen LogP contribution in [0.15, 0.2) is 15.5 Å². The number of anilines is 1. The third-order valence-corrected chi connectivity index (χ3v) is 2.58. The molecule has 0 bridgehead atoms. The van der Waals surface area contributed by atoms with Gasteiger partial charge < -0.3 is 14.8 Å². The van der Waals surface area contributed by atoms with Gasteiger partial charge in [0.25, 0.3) is 5.56 Å². The fraction of sp³-hybridized carbons (Fsp3) is 0.556. The highest BCUT2D eigenvalue weighted by Gasteiger charge is 2.02. The Morgan fingerprint density at radius 2 is 2.31 bits per heavy atom. The fourth-order valence-corrected chi connectivity index (χ4v) is 1.34. The Hall–Kier alpha value is -0.920. The molecule has 90 valence electrons. The second-order valence-electron chi connectivity index (χ2n) is 2.96. The van der Waals surface area contributed by atoms with Crippen LogP contribution < -0.4 is 10.9 Å². The minimum absolute atomic E-state index is 0.259. The van der Waals surface area contributed by atoms with Gasteiger partial charge in [0.05, 0.1) is 31.7 Å². The number of hydrogen-bond donors (Lipinski definition) is 2. The first-order valence-electron chi connectivity index (χ1n) is 4.79. The van der Waals surface area contributed by atoms with Gasteiger partial charge in [-0.2, -0.15) is 5.10 Å². The van der Waals surface area contributed by atoms with Gasteiger partial charge in [-0.05, 0) is 15.9 Å². The Morgan fingerprint density at radius 1 is 1.50 bits per heavy atom. The molecule has 0 spiro atoms. The maximum absolute atomic E-state index is 11.2. The van der Waals surface area contributed by atoms with Crippen LogP contribution in [0, 0.1) is 0 Å². The number of halogens is 1. The summed E-state index contributed by atoms with van der Waals surface area (Å²) in [5.41, 5.74) is 0.393. The van der Waals surface area contributed by atoms with Gasteiger partial charge >= 0.3 is 0 Å². The van der Waals surface area contributed by atoms with Crippen molar-refractivity contribution in [3.63, 3.8) is 0 Å². The zero-order chi connectivity index (χ0) is 11.8. The molecule has 2 N–H and O–H groups in total. The van der Waals surface area contributed by atoms with Crippen LogP contribution in [0.2, 0.25) is 0 Å². The van der Waals surface area contributed by atoms with Gasteiger partial charge in [-0.15, -0.1) is 0 Å². The second-order valence-corrected chi connectivity index (χ2v) is 3.75. The zero-order valence-electron chi connectivity index (χ0n) is 8.96. The molecule has 0 saturated heterocycles. The molecule has 0 aliphatic heterocycles. The lowest BCUT2D eigenvalue weighted by Gasteiger charge is -2.07. The van der Waals surface area contributed by atoms with Crippen LogP contribution in [0.4, 0.5) is 5.69 Å². The second kappa shape index (κ2) is 7.37. The number of rotatable bonds is 7. The highest BCUT2D eigenvalue weighted by molar-refractivity contribution is 9.10. The standard InChI is InChI=1S/C9H14BrN3O3/c1-15-4-5-16-3-2-11-7-6-12-13-9(14)8(7)10/h6H,2-5H2,1H3,(H2,11,13,14). The van der Waals surface area contributed by atoms with Crippen LogP contribution >= 0.6 is 15.9 Å². The summed E-state index contributed by atoms with van der Waals surface area (Å²) in [6.45, 7) is 2.29. The van der Waals surface area contributed by atoms with E-state index in [1.807, 2.05) is 0 Å². The lowest BCUT2D eigenvalue weighted by molar-refractivity contribution is 0.0759. The molecule has 0 aliphatic carbocycles. The van der Waals surface area contributed by atoms with Crippen LogP contribution in [-0.4, -0.2) is 43.7 Å². The van der Waals surface area contributed by atoms with E-state index in [2.05, 4.69) is 31.4 Å². The lowest BCUT2D eigenvalue weighted by Crippen LogP contribution is -2.16. The highest BCUT2D eigenvalue weighted by atomic mass is 79.9. The molecular formula is C9H14BrN3O3. The fourth-order valence-electron chi connectivity index (χ4n) is 1.01. The quantitative estimate of drug-likeness (QED) is 0.720. The highest BCUT2D eigenvalue weighted by Crippen LogP contribution is 2.14. The zero-order valence-corrected chi connectivity index (χ0v) is 10.5. The smallest absolute Gasteiger partial charge is 0.280 e. The van der Waals surface area contributed by atoms with E-state index in [-0.39, 0.29) is 5.56 Å². The first kappa shape index (κ1) is 13.1. The minimum Gasteiger partial charge on any atom is -0.382 e. The topological polar surface area (TPSA) is 76.2 Å². The summed E-state index contributed by atoms with van der Waals surface area (Å²) in [5, 5.41) is 9.04. The van der Waals surface area contributed by atoms with Gasteiger partial charge in [-0.3, -0.25) is 4.79 Å². The summed E-state index contributed by atoms with van der Waals surface area (Å²) in [5.74, 6) is 0. The van der Waals surface area contributed by atoms with Crippen molar-refractivity contribution in [2.45, 2.75) is 0 Å². The Balaban J connectivity index is 2.27. The number of methoxy groups -OCH3 is 1. The van der Waals surface area contributed by atoms with Crippen molar-refractivity contribution >= 4 is 21.6 Å². The summed E-state index contributed by atoms with van der Waals surface area (Å²) in [6, 6.07) is 0. The molecule has 0 atom stereocenters. The van der Waals surface area contributed by atoms with E-state index in [9.17, 15) is 4.79 Å². The Morgan fingerprint density at radius 3 is 3.06 bits per heavy atom. The van der Waals surface area contributed by atoms with Gasteiger partial charge in [-0.25, -0.2) is 5.10 Å². The molecule has 0 aliphatic rings. The average Bonchev–Trinajstić information content (AvgIpc) is 2.29. The number of aromatic nitrogens is 2. The Kier molecular flexibility index (Phi) is 6.05. The molecule has 0 amide bonds. The average molecular weight is 292 g/mol. The number of nitrogens with one attached hydrogen (secondary N) is 2. The molecule has 1 aromatic rings. The first-order valence-corrected chi connectivity index (χ1v) is 5.58. The predicted molar refractivity (Wildman–Crippen MR) is 63.7 cm³/mol. The van der Waals surface area contributed by atoms with Crippen molar-refractivity contribution in [1.29, 1.82) is 0 Å². The number of nitrogens with zero attached hydrogens (tertiary/aromatic N) is 1. The molecule has 0 saturated carbocycles. The van der Waals surface area contributed by atoms with Crippen molar-refractivity contribution in [3.05, 3.63) is 21.0 Å². The van der Waals surface area contributed by atoms with Gasteiger partial charge in [0, 0.05) is 13.7 Å². The van der Waals surface area contributed by atoms with Crippen molar-refractivity contribution in [1.82, 2.24) is 10.2 Å². The number of aromatic amines is 1. The van der Waals surface area contributed by atoms with Crippen molar-refractivity contribution in [2.75, 3.05) is 38.8 Å². The maximum Gasteiger partial charge on any atom is 0.280 e. The Bertz CT molecular complexity index is 369. The predicted octanol–water partition coefficient (Wildman–Crippen LogP) is 0.607. The summed E-state index contributed by atoms with van der Waals surface area (Å²) in [6.07, 6.45) is 1.54. The first-order chi connectivity index (χ1) is 7.75. The van der Waals surface area contributed by atoms with Crippen LogP contribution in [0.5, 0.6) is 0 Å². The van der Waals surface area contributed by atoms with Crippen molar-refractivity contribution in [3.8, 4) is 0 Å². The van der Waals surface area contributed by atoms with Crippen molar-refractivity contribution in [2.24, 2.45) is 0 Å². The molecule has 7 heteroatoms.